The molecule has 0 heterocycles. The number of anilines is 2. The molecule has 0 fully saturated rings. The topological polar surface area (TPSA) is 75.9 Å². The van der Waals surface area contributed by atoms with Gasteiger partial charge in [-0.05, 0) is 36.4 Å². The van der Waals surface area contributed by atoms with E-state index >= 15 is 0 Å². The zero-order valence-electron chi connectivity index (χ0n) is 14.5. The molecule has 0 aliphatic carbocycles. The summed E-state index contributed by atoms with van der Waals surface area (Å²) in [7, 11) is 3.33. The maximum absolute atomic E-state index is 12.6. The van der Waals surface area contributed by atoms with Gasteiger partial charge < -0.3 is 20.3 Å². The second kappa shape index (κ2) is 8.73. The van der Waals surface area contributed by atoms with E-state index in [-0.39, 0.29) is 18.9 Å². The van der Waals surface area contributed by atoms with Crippen molar-refractivity contribution in [1.29, 1.82) is 0 Å². The summed E-state index contributed by atoms with van der Waals surface area (Å²) in [5.74, 6) is 0.250. The van der Waals surface area contributed by atoms with Crippen molar-refractivity contribution in [3.8, 4) is 5.75 Å². The van der Waals surface area contributed by atoms with E-state index in [0.29, 0.717) is 6.54 Å². The van der Waals surface area contributed by atoms with E-state index in [1.54, 1.807) is 19.1 Å². The average molecular weight is 341 g/mol. The van der Waals surface area contributed by atoms with Gasteiger partial charge in [-0.15, -0.1) is 0 Å². The molecule has 0 bridgehead atoms. The highest BCUT2D eigenvalue weighted by molar-refractivity contribution is 5.96. The number of para-hydroxylation sites is 1. The van der Waals surface area contributed by atoms with Crippen molar-refractivity contribution < 1.29 is 14.3 Å². The number of ether oxygens (including phenoxy) is 1. The zero-order valence-corrected chi connectivity index (χ0v) is 14.5. The number of benzene rings is 2. The molecule has 25 heavy (non-hydrogen) atoms. The highest BCUT2D eigenvalue weighted by Gasteiger charge is 2.17. The number of hydrogen-bond donors (Lipinski definition) is 1. The SMILES string of the molecule is COc1ccc(N(CCC(N)=O)CC(=O)N(C)c2ccccc2)cc1. The van der Waals surface area contributed by atoms with Crippen molar-refractivity contribution in [1.82, 2.24) is 0 Å². The fourth-order valence-corrected chi connectivity index (χ4v) is 2.40. The molecule has 0 radical (unpaired) electrons. The van der Waals surface area contributed by atoms with Crippen LogP contribution in [0, 0.1) is 0 Å². The lowest BCUT2D eigenvalue weighted by atomic mass is 10.2. The first-order chi connectivity index (χ1) is 12.0. The minimum atomic E-state index is -0.401. The predicted molar refractivity (Wildman–Crippen MR) is 98.9 cm³/mol. The monoisotopic (exact) mass is 341 g/mol. The number of carbonyl (C=O) groups is 2. The Labute approximate surface area is 147 Å². The first-order valence-electron chi connectivity index (χ1n) is 8.00. The first-order valence-corrected chi connectivity index (χ1v) is 8.00. The van der Waals surface area contributed by atoms with Crippen LogP contribution in [0.3, 0.4) is 0 Å². The molecule has 6 heteroatoms. The summed E-state index contributed by atoms with van der Waals surface area (Å²) in [4.78, 5) is 27.2. The predicted octanol–water partition coefficient (Wildman–Crippen LogP) is 2.04. The van der Waals surface area contributed by atoms with Gasteiger partial charge in [0.15, 0.2) is 0 Å². The van der Waals surface area contributed by atoms with E-state index < -0.39 is 5.91 Å². The second-order valence-electron chi connectivity index (χ2n) is 5.62. The highest BCUT2D eigenvalue weighted by atomic mass is 16.5. The number of nitrogens with zero attached hydrogens (tertiary/aromatic N) is 2. The molecule has 0 aromatic heterocycles. The van der Waals surface area contributed by atoms with Gasteiger partial charge >= 0.3 is 0 Å². The maximum Gasteiger partial charge on any atom is 0.246 e. The van der Waals surface area contributed by atoms with E-state index in [0.717, 1.165) is 17.1 Å². The molecule has 2 N–H and O–H groups in total. The van der Waals surface area contributed by atoms with Crippen molar-refractivity contribution in [2.45, 2.75) is 6.42 Å². The lowest BCUT2D eigenvalue weighted by molar-refractivity contribution is -0.119. The summed E-state index contributed by atoms with van der Waals surface area (Å²) in [6, 6.07) is 16.8. The molecule has 2 aromatic rings. The molecule has 0 saturated heterocycles. The number of rotatable bonds is 8. The van der Waals surface area contributed by atoms with Gasteiger partial charge in [-0.3, -0.25) is 9.59 Å². The Balaban J connectivity index is 2.14. The smallest absolute Gasteiger partial charge is 0.246 e. The second-order valence-corrected chi connectivity index (χ2v) is 5.62. The minimum Gasteiger partial charge on any atom is -0.497 e. The molecule has 6 nitrogen and oxygen atoms in total. The Kier molecular flexibility index (Phi) is 6.39. The number of hydrogen-bond acceptors (Lipinski definition) is 4. The third-order valence-electron chi connectivity index (χ3n) is 3.91. The van der Waals surface area contributed by atoms with Gasteiger partial charge in [0.1, 0.15) is 5.75 Å². The lowest BCUT2D eigenvalue weighted by Crippen LogP contribution is -2.40. The number of methoxy groups -OCH3 is 1. The third-order valence-corrected chi connectivity index (χ3v) is 3.91. The molecule has 0 aliphatic rings. The highest BCUT2D eigenvalue weighted by Crippen LogP contribution is 2.20. The number of amides is 2. The van der Waals surface area contributed by atoms with Crippen LogP contribution in [0.5, 0.6) is 5.75 Å². The van der Waals surface area contributed by atoms with Gasteiger partial charge in [0.2, 0.25) is 11.8 Å². The quantitative estimate of drug-likeness (QED) is 0.797. The molecule has 2 aromatic carbocycles. The summed E-state index contributed by atoms with van der Waals surface area (Å²) in [6.45, 7) is 0.515. The van der Waals surface area contributed by atoms with Crippen LogP contribution in [-0.4, -0.2) is 39.1 Å². The zero-order chi connectivity index (χ0) is 18.2. The Morgan fingerprint density at radius 1 is 1.00 bits per heavy atom. The van der Waals surface area contributed by atoms with E-state index in [2.05, 4.69) is 0 Å². The maximum atomic E-state index is 12.6. The fraction of sp³-hybridized carbons (Fsp3) is 0.263. The van der Waals surface area contributed by atoms with Crippen LogP contribution in [0.2, 0.25) is 0 Å². The summed E-state index contributed by atoms with van der Waals surface area (Å²) < 4.78 is 5.16. The van der Waals surface area contributed by atoms with Crippen LogP contribution in [0.1, 0.15) is 6.42 Å². The Hall–Kier alpha value is -3.02. The molecule has 132 valence electrons. The summed E-state index contributed by atoms with van der Waals surface area (Å²) in [5, 5.41) is 0. The molecule has 2 rings (SSSR count). The number of carbonyl (C=O) groups excluding carboxylic acids is 2. The van der Waals surface area contributed by atoms with Gasteiger partial charge in [0, 0.05) is 31.4 Å². The first kappa shape index (κ1) is 18.3. The van der Waals surface area contributed by atoms with Crippen LogP contribution in [0.4, 0.5) is 11.4 Å². The fourth-order valence-electron chi connectivity index (χ4n) is 2.40. The van der Waals surface area contributed by atoms with Crippen LogP contribution in [0.25, 0.3) is 0 Å². The van der Waals surface area contributed by atoms with Crippen LogP contribution < -0.4 is 20.3 Å². The van der Waals surface area contributed by atoms with Crippen molar-refractivity contribution in [2.24, 2.45) is 5.73 Å². The van der Waals surface area contributed by atoms with E-state index in [4.69, 9.17) is 10.5 Å². The van der Waals surface area contributed by atoms with Gasteiger partial charge in [-0.1, -0.05) is 18.2 Å². The summed E-state index contributed by atoms with van der Waals surface area (Å²) in [5.41, 5.74) is 6.91. The molecular formula is C19H23N3O3. The Bertz CT molecular complexity index is 702. The van der Waals surface area contributed by atoms with Crippen molar-refractivity contribution in [2.75, 3.05) is 37.0 Å². The number of likely N-dealkylation sites (N-methyl/N-ethyl adjacent to an activating group) is 1. The normalized spacial score (nSPS) is 10.2. The van der Waals surface area contributed by atoms with Crippen LogP contribution in [-0.2, 0) is 9.59 Å². The van der Waals surface area contributed by atoms with Crippen molar-refractivity contribution in [3.63, 3.8) is 0 Å². The minimum absolute atomic E-state index is 0.0773. The van der Waals surface area contributed by atoms with E-state index in [1.165, 1.54) is 0 Å². The average Bonchev–Trinajstić information content (AvgIpc) is 2.65. The standard InChI is InChI=1S/C19H23N3O3/c1-21(15-6-4-3-5-7-15)19(24)14-22(13-12-18(20)23)16-8-10-17(25-2)11-9-16/h3-11H,12-14H2,1-2H3,(H2,20,23). The largest absolute Gasteiger partial charge is 0.497 e. The molecule has 0 atom stereocenters. The van der Waals surface area contributed by atoms with Gasteiger partial charge in [-0.2, -0.15) is 0 Å². The van der Waals surface area contributed by atoms with Gasteiger partial charge in [-0.25, -0.2) is 0 Å². The molecule has 2 amide bonds. The van der Waals surface area contributed by atoms with Gasteiger partial charge in [0.25, 0.3) is 0 Å². The molecular weight excluding hydrogens is 318 g/mol. The molecule has 0 aliphatic heterocycles. The van der Waals surface area contributed by atoms with Crippen LogP contribution >= 0.6 is 0 Å². The number of primary amides is 1. The van der Waals surface area contributed by atoms with E-state index in [1.807, 2.05) is 59.5 Å². The molecule has 0 spiro atoms. The third kappa shape index (κ3) is 5.24. The summed E-state index contributed by atoms with van der Waals surface area (Å²) in [6.07, 6.45) is 0.175. The van der Waals surface area contributed by atoms with Crippen LogP contribution in [0.15, 0.2) is 54.6 Å². The Morgan fingerprint density at radius 2 is 1.64 bits per heavy atom. The number of nitrogens with two attached hydrogens (primary N) is 1. The Morgan fingerprint density at radius 3 is 2.20 bits per heavy atom. The summed E-state index contributed by atoms with van der Waals surface area (Å²) >= 11 is 0. The molecule has 0 unspecified atom stereocenters. The van der Waals surface area contributed by atoms with E-state index in [9.17, 15) is 9.59 Å². The van der Waals surface area contributed by atoms with Crippen molar-refractivity contribution >= 4 is 23.2 Å². The molecule has 0 saturated carbocycles. The van der Waals surface area contributed by atoms with Crippen molar-refractivity contribution in [3.05, 3.63) is 54.6 Å². The lowest BCUT2D eigenvalue weighted by Gasteiger charge is -2.27. The van der Waals surface area contributed by atoms with Gasteiger partial charge in [0.05, 0.1) is 13.7 Å².